The van der Waals surface area contributed by atoms with Crippen molar-refractivity contribution in [3.05, 3.63) is 0 Å². The van der Waals surface area contributed by atoms with Crippen molar-refractivity contribution >= 4 is 6.09 Å². The molecule has 0 aromatic heterocycles. The molecule has 4 saturated carbocycles. The summed E-state index contributed by atoms with van der Waals surface area (Å²) in [6, 6.07) is 1.79. The highest BCUT2D eigenvalue weighted by Gasteiger charge is 2.64. The van der Waals surface area contributed by atoms with Gasteiger partial charge in [0.15, 0.2) is 0 Å². The van der Waals surface area contributed by atoms with Gasteiger partial charge in [0, 0.05) is 18.1 Å². The molecule has 4 aliphatic rings. The normalized spacial score (nSPS) is 44.7. The Morgan fingerprint density at radius 2 is 1.48 bits per heavy atom. The Morgan fingerprint density at radius 3 is 2.04 bits per heavy atom. The standard InChI is InChI=1S/C19H32N2O2/c1-19(2,3)23-18(22)21-14-8-6-13(7-9-14)20-17-15-11-4-5-12(10-11)16(15)17/h11-17,20H,4-10H2,1-3H3,(H,21,22). The molecule has 2 bridgehead atoms. The predicted octanol–water partition coefficient (Wildman–Crippen LogP) is 3.46. The Bertz CT molecular complexity index is 448. The number of hydrogen-bond acceptors (Lipinski definition) is 3. The van der Waals surface area contributed by atoms with E-state index in [0.717, 1.165) is 42.6 Å². The first-order valence-electron chi connectivity index (χ1n) is 9.66. The van der Waals surface area contributed by atoms with Gasteiger partial charge in [-0.1, -0.05) is 0 Å². The summed E-state index contributed by atoms with van der Waals surface area (Å²) < 4.78 is 5.36. The maximum absolute atomic E-state index is 11.9. The molecule has 4 fully saturated rings. The van der Waals surface area contributed by atoms with Crippen molar-refractivity contribution in [3.8, 4) is 0 Å². The first-order chi connectivity index (χ1) is 10.9. The molecule has 0 aliphatic heterocycles. The first kappa shape index (κ1) is 15.7. The van der Waals surface area contributed by atoms with Gasteiger partial charge in [0.05, 0.1) is 0 Å². The van der Waals surface area contributed by atoms with Crippen LogP contribution in [0.2, 0.25) is 0 Å². The van der Waals surface area contributed by atoms with Gasteiger partial charge >= 0.3 is 6.09 Å². The summed E-state index contributed by atoms with van der Waals surface area (Å²) >= 11 is 0. The van der Waals surface area contributed by atoms with Crippen LogP contribution in [0, 0.1) is 23.7 Å². The lowest BCUT2D eigenvalue weighted by Gasteiger charge is -2.31. The van der Waals surface area contributed by atoms with Crippen molar-refractivity contribution in [2.45, 2.75) is 89.4 Å². The average Bonchev–Trinajstić information content (AvgIpc) is 2.85. The summed E-state index contributed by atoms with van der Waals surface area (Å²) in [4.78, 5) is 11.9. The highest BCUT2D eigenvalue weighted by atomic mass is 16.6. The van der Waals surface area contributed by atoms with E-state index in [1.54, 1.807) is 0 Å². The minimum atomic E-state index is -0.411. The van der Waals surface area contributed by atoms with E-state index in [0.29, 0.717) is 6.04 Å². The fourth-order valence-corrected chi connectivity index (χ4v) is 5.70. The van der Waals surface area contributed by atoms with E-state index < -0.39 is 5.60 Å². The molecule has 4 aliphatic carbocycles. The summed E-state index contributed by atoms with van der Waals surface area (Å²) in [5.41, 5.74) is -0.411. The van der Waals surface area contributed by atoms with E-state index in [4.69, 9.17) is 4.74 Å². The Hall–Kier alpha value is -0.770. The molecule has 0 aromatic carbocycles. The third-order valence-electron chi connectivity index (χ3n) is 6.61. The molecule has 4 nitrogen and oxygen atoms in total. The fourth-order valence-electron chi connectivity index (χ4n) is 5.70. The van der Waals surface area contributed by atoms with Crippen molar-refractivity contribution in [3.63, 3.8) is 0 Å². The van der Waals surface area contributed by atoms with Gasteiger partial charge in [-0.15, -0.1) is 0 Å². The monoisotopic (exact) mass is 320 g/mol. The molecular weight excluding hydrogens is 288 g/mol. The lowest BCUT2D eigenvalue weighted by Crippen LogP contribution is -2.44. The zero-order valence-corrected chi connectivity index (χ0v) is 14.8. The van der Waals surface area contributed by atoms with Crippen LogP contribution in [0.3, 0.4) is 0 Å². The molecule has 130 valence electrons. The lowest BCUT2D eigenvalue weighted by molar-refractivity contribution is 0.0489. The highest BCUT2D eigenvalue weighted by Crippen LogP contribution is 2.65. The second kappa shape index (κ2) is 5.65. The number of carbonyl (C=O) groups is 1. The summed E-state index contributed by atoms with van der Waals surface area (Å²) in [5.74, 6) is 4.14. The maximum atomic E-state index is 11.9. The number of nitrogens with one attached hydrogen (secondary N) is 2. The predicted molar refractivity (Wildman–Crippen MR) is 90.1 cm³/mol. The van der Waals surface area contributed by atoms with Crippen LogP contribution in [-0.4, -0.2) is 29.8 Å². The van der Waals surface area contributed by atoms with Crippen LogP contribution < -0.4 is 10.6 Å². The Labute approximate surface area is 140 Å². The smallest absolute Gasteiger partial charge is 0.407 e. The van der Waals surface area contributed by atoms with Gasteiger partial charge in [0.2, 0.25) is 0 Å². The quantitative estimate of drug-likeness (QED) is 0.837. The van der Waals surface area contributed by atoms with Crippen LogP contribution >= 0.6 is 0 Å². The van der Waals surface area contributed by atoms with E-state index in [1.165, 1.54) is 32.1 Å². The van der Waals surface area contributed by atoms with Crippen LogP contribution in [-0.2, 0) is 4.74 Å². The van der Waals surface area contributed by atoms with Gasteiger partial charge in [-0.2, -0.15) is 0 Å². The molecule has 2 N–H and O–H groups in total. The number of hydrogen-bond donors (Lipinski definition) is 2. The number of alkyl carbamates (subject to hydrolysis) is 1. The minimum absolute atomic E-state index is 0.262. The molecule has 4 heteroatoms. The van der Waals surface area contributed by atoms with Crippen LogP contribution in [0.1, 0.15) is 65.7 Å². The SMILES string of the molecule is CC(C)(C)OC(=O)NC1CCC(NC2C3C4CCC(C4)C23)CC1. The first-order valence-corrected chi connectivity index (χ1v) is 9.66. The number of rotatable bonds is 3. The maximum Gasteiger partial charge on any atom is 0.407 e. The van der Waals surface area contributed by atoms with Crippen molar-refractivity contribution in [2.75, 3.05) is 0 Å². The average molecular weight is 320 g/mol. The number of ether oxygens (including phenoxy) is 1. The van der Waals surface area contributed by atoms with Crippen molar-refractivity contribution in [1.82, 2.24) is 10.6 Å². The lowest BCUT2D eigenvalue weighted by atomic mass is 9.91. The fraction of sp³-hybridized carbons (Fsp3) is 0.947. The van der Waals surface area contributed by atoms with Crippen LogP contribution in [0.4, 0.5) is 4.79 Å². The molecule has 23 heavy (non-hydrogen) atoms. The molecule has 4 rings (SSSR count). The second-order valence-corrected chi connectivity index (χ2v) is 9.38. The topological polar surface area (TPSA) is 50.4 Å². The van der Waals surface area contributed by atoms with Crippen molar-refractivity contribution in [1.29, 1.82) is 0 Å². The van der Waals surface area contributed by atoms with Gasteiger partial charge in [-0.3, -0.25) is 0 Å². The van der Waals surface area contributed by atoms with E-state index >= 15 is 0 Å². The van der Waals surface area contributed by atoms with Gasteiger partial charge in [0.1, 0.15) is 5.60 Å². The van der Waals surface area contributed by atoms with Gasteiger partial charge in [-0.05, 0) is 89.4 Å². The van der Waals surface area contributed by atoms with Gasteiger partial charge in [0.25, 0.3) is 0 Å². The van der Waals surface area contributed by atoms with Crippen LogP contribution in [0.5, 0.6) is 0 Å². The zero-order valence-electron chi connectivity index (χ0n) is 14.8. The Kier molecular flexibility index (Phi) is 3.86. The molecule has 0 saturated heterocycles. The van der Waals surface area contributed by atoms with Gasteiger partial charge < -0.3 is 15.4 Å². The number of fused-ring (bicyclic) bond motifs is 5. The van der Waals surface area contributed by atoms with Crippen molar-refractivity contribution < 1.29 is 9.53 Å². The van der Waals surface area contributed by atoms with Crippen molar-refractivity contribution in [2.24, 2.45) is 23.7 Å². The van der Waals surface area contributed by atoms with E-state index in [-0.39, 0.29) is 12.1 Å². The van der Waals surface area contributed by atoms with Gasteiger partial charge in [-0.25, -0.2) is 4.79 Å². The molecule has 0 aromatic rings. The van der Waals surface area contributed by atoms with E-state index in [9.17, 15) is 4.79 Å². The molecule has 4 unspecified atom stereocenters. The molecule has 4 atom stereocenters. The largest absolute Gasteiger partial charge is 0.444 e. The summed E-state index contributed by atoms with van der Waals surface area (Å²) in [6.07, 6.45) is 8.78. The van der Waals surface area contributed by atoms with E-state index in [1.807, 2.05) is 20.8 Å². The minimum Gasteiger partial charge on any atom is -0.444 e. The number of amides is 1. The zero-order chi connectivity index (χ0) is 16.2. The second-order valence-electron chi connectivity index (χ2n) is 9.38. The molecule has 0 radical (unpaired) electrons. The molecule has 0 spiro atoms. The summed E-state index contributed by atoms with van der Waals surface area (Å²) in [7, 11) is 0. The summed E-state index contributed by atoms with van der Waals surface area (Å²) in [5, 5.41) is 7.00. The van der Waals surface area contributed by atoms with Crippen LogP contribution in [0.15, 0.2) is 0 Å². The number of carbonyl (C=O) groups excluding carboxylic acids is 1. The Morgan fingerprint density at radius 1 is 0.913 bits per heavy atom. The summed E-state index contributed by atoms with van der Waals surface area (Å²) in [6.45, 7) is 5.73. The third kappa shape index (κ3) is 3.24. The molecule has 1 amide bonds. The molecular formula is C19H32N2O2. The third-order valence-corrected chi connectivity index (χ3v) is 6.61. The Balaban J connectivity index is 1.18. The molecule has 0 heterocycles. The highest BCUT2D eigenvalue weighted by molar-refractivity contribution is 5.68. The van der Waals surface area contributed by atoms with E-state index in [2.05, 4.69) is 10.6 Å². The van der Waals surface area contributed by atoms with Crippen LogP contribution in [0.25, 0.3) is 0 Å².